The lowest BCUT2D eigenvalue weighted by Gasteiger charge is -2.23. The molecule has 106 valence electrons. The average Bonchev–Trinajstić information content (AvgIpc) is 2.27. The lowest BCUT2D eigenvalue weighted by Crippen LogP contribution is -2.44. The summed E-state index contributed by atoms with van der Waals surface area (Å²) in [6, 6.07) is -0.477. The molecule has 0 aromatic heterocycles. The van der Waals surface area contributed by atoms with Gasteiger partial charge in [-0.15, -0.1) is 0 Å². The first-order valence-corrected chi connectivity index (χ1v) is 6.59. The van der Waals surface area contributed by atoms with Gasteiger partial charge in [0, 0.05) is 13.0 Å². The van der Waals surface area contributed by atoms with Gasteiger partial charge in [-0.2, -0.15) is 0 Å². The molecule has 4 N–H and O–H groups in total. The first-order valence-electron chi connectivity index (χ1n) is 6.59. The average molecular weight is 257 g/mol. The predicted octanol–water partition coefficient (Wildman–Crippen LogP) is 0.782. The minimum atomic E-state index is -0.477. The van der Waals surface area contributed by atoms with Gasteiger partial charge in [-0.05, 0) is 38.6 Å². The molecule has 0 heterocycles. The van der Waals surface area contributed by atoms with E-state index in [0.29, 0.717) is 19.5 Å². The van der Waals surface area contributed by atoms with Gasteiger partial charge in [0.05, 0.1) is 0 Å². The first-order chi connectivity index (χ1) is 8.32. The molecule has 0 radical (unpaired) electrons. The summed E-state index contributed by atoms with van der Waals surface area (Å²) in [4.78, 5) is 23.1. The Hall–Kier alpha value is -1.10. The van der Waals surface area contributed by atoms with Crippen LogP contribution < -0.4 is 16.4 Å². The van der Waals surface area contributed by atoms with Gasteiger partial charge < -0.3 is 16.4 Å². The highest BCUT2D eigenvalue weighted by Gasteiger charge is 2.20. The van der Waals surface area contributed by atoms with Crippen LogP contribution in [0.2, 0.25) is 0 Å². The van der Waals surface area contributed by atoms with Crippen LogP contribution in [0.25, 0.3) is 0 Å². The summed E-state index contributed by atoms with van der Waals surface area (Å²) in [5.74, 6) is -0.231. The molecular weight excluding hydrogens is 230 g/mol. The van der Waals surface area contributed by atoms with Crippen molar-refractivity contribution < 1.29 is 9.59 Å². The third kappa shape index (κ3) is 7.27. The molecule has 0 aromatic rings. The van der Waals surface area contributed by atoms with Crippen molar-refractivity contribution in [3.8, 4) is 0 Å². The number of amides is 2. The van der Waals surface area contributed by atoms with Crippen LogP contribution >= 0.6 is 0 Å². The first kappa shape index (κ1) is 16.9. The molecule has 5 nitrogen and oxygen atoms in total. The van der Waals surface area contributed by atoms with E-state index in [9.17, 15) is 9.59 Å². The summed E-state index contributed by atoms with van der Waals surface area (Å²) in [5.41, 5.74) is 5.59. The van der Waals surface area contributed by atoms with E-state index in [-0.39, 0.29) is 17.2 Å². The van der Waals surface area contributed by atoms with E-state index in [1.165, 1.54) is 0 Å². The van der Waals surface area contributed by atoms with E-state index in [1.54, 1.807) is 6.92 Å². The Kier molecular flexibility index (Phi) is 7.59. The Morgan fingerprint density at radius 3 is 2.39 bits per heavy atom. The van der Waals surface area contributed by atoms with Crippen LogP contribution in [0.3, 0.4) is 0 Å². The van der Waals surface area contributed by atoms with E-state index in [0.717, 1.165) is 12.8 Å². The van der Waals surface area contributed by atoms with Crippen molar-refractivity contribution in [2.75, 3.05) is 13.1 Å². The number of hydrogen-bond acceptors (Lipinski definition) is 3. The number of carbonyl (C=O) groups excluding carboxylic acids is 2. The Morgan fingerprint density at radius 2 is 1.89 bits per heavy atom. The Balaban J connectivity index is 4.01. The van der Waals surface area contributed by atoms with Crippen molar-refractivity contribution in [2.45, 2.75) is 53.0 Å². The molecule has 2 amide bonds. The topological polar surface area (TPSA) is 84.2 Å². The largest absolute Gasteiger partial charge is 0.355 e. The van der Waals surface area contributed by atoms with Gasteiger partial charge in [-0.3, -0.25) is 9.59 Å². The monoisotopic (exact) mass is 257 g/mol. The maximum atomic E-state index is 11.7. The van der Waals surface area contributed by atoms with E-state index in [4.69, 9.17) is 5.73 Å². The molecule has 18 heavy (non-hydrogen) atoms. The minimum Gasteiger partial charge on any atom is -0.355 e. The van der Waals surface area contributed by atoms with Gasteiger partial charge in [-0.25, -0.2) is 0 Å². The van der Waals surface area contributed by atoms with Gasteiger partial charge in [-0.1, -0.05) is 13.8 Å². The van der Waals surface area contributed by atoms with Crippen LogP contribution in [0, 0.1) is 5.41 Å². The highest BCUT2D eigenvalue weighted by molar-refractivity contribution is 5.87. The summed E-state index contributed by atoms with van der Waals surface area (Å²) in [7, 11) is 0. The number of hydrogen-bond donors (Lipinski definition) is 3. The van der Waals surface area contributed by atoms with Crippen molar-refractivity contribution in [2.24, 2.45) is 11.1 Å². The van der Waals surface area contributed by atoms with Crippen molar-refractivity contribution >= 4 is 11.8 Å². The molecule has 0 fully saturated rings. The number of nitrogens with two attached hydrogens (primary N) is 1. The molecule has 0 aromatic carbocycles. The molecule has 5 heteroatoms. The molecule has 0 aliphatic carbocycles. The molecule has 0 bridgehead atoms. The van der Waals surface area contributed by atoms with Gasteiger partial charge in [0.1, 0.15) is 6.04 Å². The zero-order valence-corrected chi connectivity index (χ0v) is 12.0. The van der Waals surface area contributed by atoms with Crippen LogP contribution in [0.5, 0.6) is 0 Å². The normalized spacial score (nSPS) is 12.9. The van der Waals surface area contributed by atoms with E-state index in [2.05, 4.69) is 24.5 Å². The molecule has 0 spiro atoms. The van der Waals surface area contributed by atoms with E-state index >= 15 is 0 Å². The molecule has 0 saturated heterocycles. The summed E-state index contributed by atoms with van der Waals surface area (Å²) >= 11 is 0. The molecule has 0 aliphatic rings. The predicted molar refractivity (Wildman–Crippen MR) is 73.0 cm³/mol. The SMILES string of the molecule is CCNC(=O)C(C)NC(=O)CCC(C)(C)CCN. The van der Waals surface area contributed by atoms with E-state index < -0.39 is 6.04 Å². The summed E-state index contributed by atoms with van der Waals surface area (Å²) in [5, 5.41) is 5.37. The Labute approximate surface area is 110 Å². The molecule has 0 saturated carbocycles. The maximum absolute atomic E-state index is 11.7. The number of likely N-dealkylation sites (N-methyl/N-ethyl adjacent to an activating group) is 1. The fourth-order valence-electron chi connectivity index (χ4n) is 1.67. The third-order valence-electron chi connectivity index (χ3n) is 2.97. The zero-order valence-electron chi connectivity index (χ0n) is 12.0. The van der Waals surface area contributed by atoms with Crippen LogP contribution in [0.15, 0.2) is 0 Å². The molecule has 1 atom stereocenters. The second-order valence-electron chi connectivity index (χ2n) is 5.39. The van der Waals surface area contributed by atoms with E-state index in [1.807, 2.05) is 6.92 Å². The summed E-state index contributed by atoms with van der Waals surface area (Å²) in [6.07, 6.45) is 2.10. The van der Waals surface area contributed by atoms with Crippen LogP contribution in [0.1, 0.15) is 47.0 Å². The van der Waals surface area contributed by atoms with Gasteiger partial charge in [0.15, 0.2) is 0 Å². The van der Waals surface area contributed by atoms with Gasteiger partial charge in [0.25, 0.3) is 0 Å². The molecule has 1 unspecified atom stereocenters. The van der Waals surface area contributed by atoms with Crippen molar-refractivity contribution in [1.82, 2.24) is 10.6 Å². The molecule has 0 aliphatic heterocycles. The quantitative estimate of drug-likeness (QED) is 0.601. The molecule has 0 rings (SSSR count). The second-order valence-corrected chi connectivity index (χ2v) is 5.39. The van der Waals surface area contributed by atoms with Crippen LogP contribution in [-0.2, 0) is 9.59 Å². The highest BCUT2D eigenvalue weighted by atomic mass is 16.2. The van der Waals surface area contributed by atoms with Crippen molar-refractivity contribution in [3.05, 3.63) is 0 Å². The second kappa shape index (κ2) is 8.08. The van der Waals surface area contributed by atoms with Crippen LogP contribution in [0.4, 0.5) is 0 Å². The minimum absolute atomic E-state index is 0.0704. The fourth-order valence-corrected chi connectivity index (χ4v) is 1.67. The zero-order chi connectivity index (χ0) is 14.2. The Bertz CT molecular complexity index is 277. The smallest absolute Gasteiger partial charge is 0.242 e. The lowest BCUT2D eigenvalue weighted by molar-refractivity contribution is -0.128. The number of nitrogens with one attached hydrogen (secondary N) is 2. The number of rotatable bonds is 8. The van der Waals surface area contributed by atoms with Gasteiger partial charge >= 0.3 is 0 Å². The highest BCUT2D eigenvalue weighted by Crippen LogP contribution is 2.25. The fraction of sp³-hybridized carbons (Fsp3) is 0.846. The maximum Gasteiger partial charge on any atom is 0.242 e. The summed E-state index contributed by atoms with van der Waals surface area (Å²) < 4.78 is 0. The van der Waals surface area contributed by atoms with Crippen LogP contribution in [-0.4, -0.2) is 30.9 Å². The standard InChI is InChI=1S/C13H27N3O2/c1-5-15-12(18)10(2)16-11(17)6-7-13(3,4)8-9-14/h10H,5-9,14H2,1-4H3,(H,15,18)(H,16,17). The van der Waals surface area contributed by atoms with Gasteiger partial charge in [0.2, 0.25) is 11.8 Å². The Morgan fingerprint density at radius 1 is 1.28 bits per heavy atom. The lowest BCUT2D eigenvalue weighted by atomic mass is 9.84. The van der Waals surface area contributed by atoms with Crippen molar-refractivity contribution in [1.29, 1.82) is 0 Å². The van der Waals surface area contributed by atoms with Crippen molar-refractivity contribution in [3.63, 3.8) is 0 Å². The number of carbonyl (C=O) groups is 2. The summed E-state index contributed by atoms with van der Waals surface area (Å²) in [6.45, 7) is 8.93. The molecular formula is C13H27N3O2. The third-order valence-corrected chi connectivity index (χ3v) is 2.97.